The monoisotopic (exact) mass is 273 g/mol. The third kappa shape index (κ3) is 8.22. The van der Waals surface area contributed by atoms with Gasteiger partial charge in [0.2, 0.25) is 0 Å². The van der Waals surface area contributed by atoms with Gasteiger partial charge in [-0.15, -0.1) is 0 Å². The zero-order chi connectivity index (χ0) is 14.7. The Morgan fingerprint density at radius 1 is 1.26 bits per heavy atom. The highest BCUT2D eigenvalue weighted by Crippen LogP contribution is 2.16. The van der Waals surface area contributed by atoms with E-state index in [0.29, 0.717) is 6.61 Å². The van der Waals surface area contributed by atoms with Crippen molar-refractivity contribution >= 4 is 5.97 Å². The Labute approximate surface area is 118 Å². The number of hydrogen-bond donors (Lipinski definition) is 1. The standard InChI is InChI=1S/C15H31NO3/c1-6-11-16-15(5,14(17)18-7-2)10-8-9-12-19-13(3)4/h13,16H,6-12H2,1-5H3. The van der Waals surface area contributed by atoms with E-state index in [1.807, 2.05) is 27.7 Å². The largest absolute Gasteiger partial charge is 0.465 e. The van der Waals surface area contributed by atoms with Crippen molar-refractivity contribution in [2.75, 3.05) is 19.8 Å². The van der Waals surface area contributed by atoms with E-state index in [1.165, 1.54) is 0 Å². The van der Waals surface area contributed by atoms with Crippen molar-refractivity contribution < 1.29 is 14.3 Å². The second-order valence-electron chi connectivity index (χ2n) is 5.36. The first-order valence-electron chi connectivity index (χ1n) is 7.50. The highest BCUT2D eigenvalue weighted by atomic mass is 16.5. The summed E-state index contributed by atoms with van der Waals surface area (Å²) < 4.78 is 10.7. The van der Waals surface area contributed by atoms with Gasteiger partial charge in [-0.2, -0.15) is 0 Å². The quantitative estimate of drug-likeness (QED) is 0.464. The number of esters is 1. The molecule has 114 valence electrons. The Morgan fingerprint density at radius 3 is 2.47 bits per heavy atom. The predicted octanol–water partition coefficient (Wildman–Crippen LogP) is 2.90. The third-order valence-corrected chi connectivity index (χ3v) is 3.01. The number of carbonyl (C=O) groups is 1. The molecule has 4 nitrogen and oxygen atoms in total. The van der Waals surface area contributed by atoms with Gasteiger partial charge in [-0.1, -0.05) is 6.92 Å². The Morgan fingerprint density at radius 2 is 1.95 bits per heavy atom. The van der Waals surface area contributed by atoms with Crippen molar-refractivity contribution in [3.8, 4) is 0 Å². The second kappa shape index (κ2) is 10.2. The smallest absolute Gasteiger partial charge is 0.326 e. The average molecular weight is 273 g/mol. The molecule has 4 heteroatoms. The van der Waals surface area contributed by atoms with Gasteiger partial charge in [0.05, 0.1) is 12.7 Å². The molecule has 0 bridgehead atoms. The molecule has 0 rings (SSSR count). The molecule has 0 fully saturated rings. The first-order valence-corrected chi connectivity index (χ1v) is 7.50. The van der Waals surface area contributed by atoms with Crippen LogP contribution in [0.4, 0.5) is 0 Å². The predicted molar refractivity (Wildman–Crippen MR) is 78.3 cm³/mol. The van der Waals surface area contributed by atoms with Crippen molar-refractivity contribution in [3.05, 3.63) is 0 Å². The van der Waals surface area contributed by atoms with Crippen LogP contribution in [0.15, 0.2) is 0 Å². The highest BCUT2D eigenvalue weighted by Gasteiger charge is 2.33. The fraction of sp³-hybridized carbons (Fsp3) is 0.933. The molecule has 0 spiro atoms. The highest BCUT2D eigenvalue weighted by molar-refractivity contribution is 5.80. The molecule has 0 amide bonds. The van der Waals surface area contributed by atoms with Gasteiger partial charge in [0.25, 0.3) is 0 Å². The van der Waals surface area contributed by atoms with Crippen molar-refractivity contribution in [1.82, 2.24) is 5.32 Å². The fourth-order valence-corrected chi connectivity index (χ4v) is 1.85. The lowest BCUT2D eigenvalue weighted by molar-refractivity contribution is -0.150. The Kier molecular flexibility index (Phi) is 9.88. The molecule has 0 aromatic carbocycles. The summed E-state index contributed by atoms with van der Waals surface area (Å²) in [6.45, 7) is 11.9. The van der Waals surface area contributed by atoms with Crippen LogP contribution in [0.1, 0.15) is 60.3 Å². The Balaban J connectivity index is 4.15. The molecule has 1 atom stereocenters. The van der Waals surface area contributed by atoms with Crippen LogP contribution in [0.5, 0.6) is 0 Å². The molecular formula is C15H31NO3. The maximum absolute atomic E-state index is 12.0. The summed E-state index contributed by atoms with van der Waals surface area (Å²) in [6.07, 6.45) is 3.99. The van der Waals surface area contributed by atoms with Gasteiger partial charge in [-0.25, -0.2) is 0 Å². The van der Waals surface area contributed by atoms with Crippen LogP contribution in [-0.2, 0) is 14.3 Å². The van der Waals surface area contributed by atoms with E-state index in [-0.39, 0.29) is 12.1 Å². The molecule has 0 aromatic rings. The minimum atomic E-state index is -0.566. The van der Waals surface area contributed by atoms with Crippen molar-refractivity contribution in [3.63, 3.8) is 0 Å². The normalized spacial score (nSPS) is 14.4. The third-order valence-electron chi connectivity index (χ3n) is 3.01. The summed E-state index contributed by atoms with van der Waals surface area (Å²) in [5.41, 5.74) is -0.566. The number of unbranched alkanes of at least 4 members (excludes halogenated alkanes) is 1. The second-order valence-corrected chi connectivity index (χ2v) is 5.36. The van der Waals surface area contributed by atoms with Gasteiger partial charge < -0.3 is 14.8 Å². The molecule has 1 N–H and O–H groups in total. The number of carbonyl (C=O) groups excluding carboxylic acids is 1. The molecule has 0 radical (unpaired) electrons. The molecule has 19 heavy (non-hydrogen) atoms. The topological polar surface area (TPSA) is 47.6 Å². The molecule has 0 aliphatic rings. The summed E-state index contributed by atoms with van der Waals surface area (Å²) in [6, 6.07) is 0. The number of nitrogens with one attached hydrogen (secondary N) is 1. The van der Waals surface area contributed by atoms with Crippen LogP contribution < -0.4 is 5.32 Å². The molecule has 0 aliphatic heterocycles. The molecule has 0 heterocycles. The zero-order valence-corrected chi connectivity index (χ0v) is 13.3. The van der Waals surface area contributed by atoms with Gasteiger partial charge >= 0.3 is 5.97 Å². The van der Waals surface area contributed by atoms with Crippen LogP contribution in [0.3, 0.4) is 0 Å². The van der Waals surface area contributed by atoms with Crippen LogP contribution in [0.25, 0.3) is 0 Å². The van der Waals surface area contributed by atoms with Gasteiger partial charge in [-0.3, -0.25) is 4.79 Å². The van der Waals surface area contributed by atoms with Gasteiger partial charge in [0, 0.05) is 6.61 Å². The number of ether oxygens (including phenoxy) is 2. The summed E-state index contributed by atoms with van der Waals surface area (Å²) in [7, 11) is 0. The van der Waals surface area contributed by atoms with Gasteiger partial charge in [0.1, 0.15) is 5.54 Å². The van der Waals surface area contributed by atoms with E-state index in [4.69, 9.17) is 9.47 Å². The van der Waals surface area contributed by atoms with Crippen LogP contribution in [0.2, 0.25) is 0 Å². The van der Waals surface area contributed by atoms with Gasteiger partial charge in [0.15, 0.2) is 0 Å². The first kappa shape index (κ1) is 18.4. The van der Waals surface area contributed by atoms with E-state index in [9.17, 15) is 4.79 Å². The van der Waals surface area contributed by atoms with E-state index in [2.05, 4.69) is 12.2 Å². The zero-order valence-electron chi connectivity index (χ0n) is 13.3. The van der Waals surface area contributed by atoms with E-state index >= 15 is 0 Å². The lowest BCUT2D eigenvalue weighted by Crippen LogP contribution is -2.50. The lowest BCUT2D eigenvalue weighted by atomic mass is 9.94. The minimum absolute atomic E-state index is 0.145. The van der Waals surface area contributed by atoms with E-state index < -0.39 is 5.54 Å². The molecule has 0 aromatic heterocycles. The fourth-order valence-electron chi connectivity index (χ4n) is 1.85. The average Bonchev–Trinajstić information content (AvgIpc) is 2.36. The lowest BCUT2D eigenvalue weighted by Gasteiger charge is -2.28. The number of hydrogen-bond acceptors (Lipinski definition) is 4. The van der Waals surface area contributed by atoms with Crippen LogP contribution >= 0.6 is 0 Å². The summed E-state index contributed by atoms with van der Waals surface area (Å²) in [5, 5.41) is 3.31. The van der Waals surface area contributed by atoms with Crippen LogP contribution in [-0.4, -0.2) is 37.4 Å². The molecule has 0 aliphatic carbocycles. The molecule has 0 saturated heterocycles. The van der Waals surface area contributed by atoms with Gasteiger partial charge in [-0.05, 0) is 59.9 Å². The SMILES string of the molecule is CCCNC(C)(CCCCOC(C)C)C(=O)OCC. The summed E-state index contributed by atoms with van der Waals surface area (Å²) in [5.74, 6) is -0.145. The van der Waals surface area contributed by atoms with Crippen LogP contribution in [0, 0.1) is 0 Å². The van der Waals surface area contributed by atoms with E-state index in [1.54, 1.807) is 0 Å². The maximum atomic E-state index is 12.0. The molecule has 1 unspecified atom stereocenters. The molecule has 0 saturated carbocycles. The molecular weight excluding hydrogens is 242 g/mol. The van der Waals surface area contributed by atoms with Crippen molar-refractivity contribution in [2.45, 2.75) is 71.9 Å². The maximum Gasteiger partial charge on any atom is 0.326 e. The Hall–Kier alpha value is -0.610. The summed E-state index contributed by atoms with van der Waals surface area (Å²) in [4.78, 5) is 12.0. The first-order chi connectivity index (χ1) is 8.96. The van der Waals surface area contributed by atoms with Crippen molar-refractivity contribution in [2.24, 2.45) is 0 Å². The minimum Gasteiger partial charge on any atom is -0.465 e. The van der Waals surface area contributed by atoms with Crippen molar-refractivity contribution in [1.29, 1.82) is 0 Å². The summed E-state index contributed by atoms with van der Waals surface area (Å²) >= 11 is 0. The number of rotatable bonds is 11. The Bertz CT molecular complexity index is 244. The van der Waals surface area contributed by atoms with E-state index in [0.717, 1.165) is 38.8 Å².